The molecule has 1 atom stereocenters. The molecule has 4 heteroatoms. The second kappa shape index (κ2) is 6.42. The van der Waals surface area contributed by atoms with Crippen LogP contribution in [0.4, 0.5) is 4.39 Å². The summed E-state index contributed by atoms with van der Waals surface area (Å²) in [6.07, 6.45) is 0.393. The number of benzene rings is 1. The smallest absolute Gasteiger partial charge is 0.164 e. The highest BCUT2D eigenvalue weighted by molar-refractivity contribution is 6.88. The Morgan fingerprint density at radius 3 is 2.04 bits per heavy atom. The van der Waals surface area contributed by atoms with Crippen molar-refractivity contribution in [2.45, 2.75) is 89.3 Å². The number of Topliss-reactive ketones (excluding diaryl/α,β-unsaturated/α-hetero) is 1. The second-order valence-electron chi connectivity index (χ2n) is 11.2. The molecule has 148 valence electrons. The third-order valence-electron chi connectivity index (χ3n) is 7.57. The molecule has 0 heterocycles. The molecule has 0 aliphatic heterocycles. The van der Waals surface area contributed by atoms with Crippen molar-refractivity contribution in [1.82, 2.24) is 0 Å². The van der Waals surface area contributed by atoms with Crippen LogP contribution in [-0.2, 0) is 5.04 Å². The van der Waals surface area contributed by atoms with E-state index in [9.17, 15) is 9.18 Å². The molecule has 0 N–H and O–H groups in total. The van der Waals surface area contributed by atoms with E-state index < -0.39 is 21.2 Å². The van der Waals surface area contributed by atoms with Crippen LogP contribution in [0.25, 0.3) is 0 Å². The largest absolute Gasteiger partial charge is 0.294 e. The molecule has 2 rings (SSSR count). The predicted octanol–water partition coefficient (Wildman–Crippen LogP) is 6.75. The lowest BCUT2D eigenvalue weighted by Crippen LogP contribution is -2.56. The van der Waals surface area contributed by atoms with E-state index in [1.165, 1.54) is 6.07 Å². The topological polar surface area (TPSA) is 17.1 Å². The number of halogens is 1. The quantitative estimate of drug-likeness (QED) is 0.375. The van der Waals surface area contributed by atoms with Crippen molar-refractivity contribution >= 4 is 21.9 Å². The molecule has 0 spiro atoms. The fourth-order valence-corrected chi connectivity index (χ4v) is 7.62. The van der Waals surface area contributed by atoms with Crippen molar-refractivity contribution in [3.63, 3.8) is 0 Å². The van der Waals surface area contributed by atoms with Gasteiger partial charge in [0.25, 0.3) is 0 Å². The zero-order valence-corrected chi connectivity index (χ0v) is 20.7. The summed E-state index contributed by atoms with van der Waals surface area (Å²) < 4.78 is 14.2. The van der Waals surface area contributed by atoms with Gasteiger partial charge in [0.15, 0.2) is 5.78 Å². The first-order valence-electron chi connectivity index (χ1n) is 9.84. The summed E-state index contributed by atoms with van der Waals surface area (Å²) in [5.41, 5.74) is 5.20. The van der Waals surface area contributed by atoms with Crippen LogP contribution < -0.4 is 0 Å². The van der Waals surface area contributed by atoms with Crippen LogP contribution in [0.3, 0.4) is 0 Å². The number of carbonyl (C=O) groups excluding carboxylic acids is 1. The van der Waals surface area contributed by atoms with E-state index in [1.807, 2.05) is 0 Å². The first-order chi connectivity index (χ1) is 12.0. The van der Waals surface area contributed by atoms with Crippen LogP contribution in [0.1, 0.15) is 63.9 Å². The molecule has 1 aliphatic rings. The predicted molar refractivity (Wildman–Crippen MR) is 119 cm³/mol. The molecule has 1 aromatic carbocycles. The molecule has 0 amide bonds. The highest BCUT2D eigenvalue weighted by Crippen LogP contribution is 2.54. The number of fused-ring (bicyclic) bond motifs is 1. The molecule has 0 aromatic heterocycles. The maximum absolute atomic E-state index is 14.2. The number of hydrogen-bond acceptors (Lipinski definition) is 1. The normalized spacial score (nSPS) is 20.9. The zero-order chi connectivity index (χ0) is 21.1. The minimum atomic E-state index is -2.14. The van der Waals surface area contributed by atoms with E-state index in [1.54, 1.807) is 12.1 Å². The Bertz CT molecular complexity index is 829. The van der Waals surface area contributed by atoms with E-state index in [4.69, 9.17) is 0 Å². The van der Waals surface area contributed by atoms with Crippen LogP contribution in [0.5, 0.6) is 0 Å². The molecule has 0 fully saturated rings. The molecule has 0 saturated heterocycles. The lowest BCUT2D eigenvalue weighted by atomic mass is 10.0. The van der Waals surface area contributed by atoms with Crippen LogP contribution in [0.2, 0.25) is 36.3 Å². The first-order valence-corrected chi connectivity index (χ1v) is 15.8. The molecule has 27 heavy (non-hydrogen) atoms. The fourth-order valence-electron chi connectivity index (χ4n) is 3.46. The van der Waals surface area contributed by atoms with Gasteiger partial charge < -0.3 is 0 Å². The highest BCUT2D eigenvalue weighted by atomic mass is 28.3. The van der Waals surface area contributed by atoms with Crippen LogP contribution >= 0.6 is 0 Å². The second-order valence-corrected chi connectivity index (χ2v) is 21.8. The van der Waals surface area contributed by atoms with Crippen molar-refractivity contribution in [3.8, 4) is 11.5 Å². The number of carbonyl (C=O) groups is 1. The molecule has 0 radical (unpaired) electrons. The van der Waals surface area contributed by atoms with Crippen molar-refractivity contribution < 1.29 is 9.18 Å². The lowest BCUT2D eigenvalue weighted by molar-refractivity contribution is 0.0988. The first kappa shape index (κ1) is 22.1. The third-order valence-corrected chi connectivity index (χ3v) is 18.5. The van der Waals surface area contributed by atoms with Gasteiger partial charge in [0, 0.05) is 12.0 Å². The molecule has 1 unspecified atom stereocenters. The van der Waals surface area contributed by atoms with Crippen molar-refractivity contribution in [2.24, 2.45) is 0 Å². The molecule has 0 saturated carbocycles. The van der Waals surface area contributed by atoms with Gasteiger partial charge in [-0.25, -0.2) is 4.39 Å². The Morgan fingerprint density at radius 1 is 1.00 bits per heavy atom. The zero-order valence-electron chi connectivity index (χ0n) is 18.7. The lowest BCUT2D eigenvalue weighted by Gasteiger charge is -2.48. The Morgan fingerprint density at radius 2 is 1.56 bits per heavy atom. The fraction of sp³-hybridized carbons (Fsp3) is 0.609. The standard InChI is InChI=1S/C23H35FOSi2/c1-21(2,3)26(7,8)14-13-23(27(9,10)22(4,5)6)16-20(25)18-12-11-17(24)15-19(18)23/h11-12,15H,16H2,1-10H3. The van der Waals surface area contributed by atoms with Crippen LogP contribution in [0.15, 0.2) is 18.2 Å². The minimum Gasteiger partial charge on any atom is -0.294 e. The Labute approximate surface area is 167 Å². The Balaban J connectivity index is 2.84. The van der Waals surface area contributed by atoms with Gasteiger partial charge in [-0.1, -0.05) is 67.7 Å². The number of ketones is 1. The van der Waals surface area contributed by atoms with E-state index in [0.29, 0.717) is 12.0 Å². The van der Waals surface area contributed by atoms with Gasteiger partial charge in [0.05, 0.1) is 13.1 Å². The van der Waals surface area contributed by atoms with Gasteiger partial charge in [-0.05, 0) is 33.8 Å². The van der Waals surface area contributed by atoms with E-state index >= 15 is 0 Å². The van der Waals surface area contributed by atoms with Gasteiger partial charge in [0.1, 0.15) is 13.9 Å². The summed E-state index contributed by atoms with van der Waals surface area (Å²) >= 11 is 0. The van der Waals surface area contributed by atoms with Crippen molar-refractivity contribution in [2.75, 3.05) is 0 Å². The molecule has 0 bridgehead atoms. The summed E-state index contributed by atoms with van der Waals surface area (Å²) in [5, 5.41) is -0.361. The summed E-state index contributed by atoms with van der Waals surface area (Å²) in [6, 6.07) is 4.65. The molecule has 1 aliphatic carbocycles. The SMILES string of the molecule is CC(C)(C)[Si](C)(C)C#CC1([Si](C)(C)C(C)(C)C)CC(=O)c2ccc(F)cc21. The molecule has 1 aromatic rings. The van der Waals surface area contributed by atoms with Crippen LogP contribution in [0, 0.1) is 17.3 Å². The maximum Gasteiger partial charge on any atom is 0.164 e. The third kappa shape index (κ3) is 3.49. The van der Waals surface area contributed by atoms with Crippen LogP contribution in [-0.4, -0.2) is 21.9 Å². The van der Waals surface area contributed by atoms with Gasteiger partial charge in [-0.2, -0.15) is 0 Å². The molecular formula is C23H35FOSi2. The highest BCUT2D eigenvalue weighted by Gasteiger charge is 2.58. The monoisotopic (exact) mass is 402 g/mol. The number of hydrogen-bond donors (Lipinski definition) is 0. The average molecular weight is 403 g/mol. The van der Waals surface area contributed by atoms with E-state index in [0.717, 1.165) is 5.56 Å². The van der Waals surface area contributed by atoms with Gasteiger partial charge in [0.2, 0.25) is 0 Å². The maximum atomic E-state index is 14.2. The Kier molecular flexibility index (Phi) is 5.26. The average Bonchev–Trinajstić information content (AvgIpc) is 2.76. The van der Waals surface area contributed by atoms with E-state index in [2.05, 4.69) is 79.2 Å². The summed E-state index contributed by atoms with van der Waals surface area (Å²) in [6.45, 7) is 22.7. The molecule has 1 nitrogen and oxygen atoms in total. The summed E-state index contributed by atoms with van der Waals surface area (Å²) in [5.74, 6) is 3.52. The van der Waals surface area contributed by atoms with E-state index in [-0.39, 0.29) is 21.7 Å². The van der Waals surface area contributed by atoms with Gasteiger partial charge in [-0.3, -0.25) is 4.79 Å². The van der Waals surface area contributed by atoms with Gasteiger partial charge in [-0.15, -0.1) is 11.5 Å². The van der Waals surface area contributed by atoms with Gasteiger partial charge >= 0.3 is 0 Å². The number of rotatable bonds is 1. The summed E-state index contributed by atoms with van der Waals surface area (Å²) in [4.78, 5) is 12.9. The summed E-state index contributed by atoms with van der Waals surface area (Å²) in [7, 11) is -3.99. The minimum absolute atomic E-state index is 0.0311. The molecular weight excluding hydrogens is 367 g/mol. The van der Waals surface area contributed by atoms with Crippen molar-refractivity contribution in [3.05, 3.63) is 35.1 Å². The van der Waals surface area contributed by atoms with Crippen molar-refractivity contribution in [1.29, 1.82) is 0 Å². The Hall–Kier alpha value is -1.19.